The van der Waals surface area contributed by atoms with Crippen LogP contribution >= 0.6 is 12.6 Å². The number of anilines is 2. The van der Waals surface area contributed by atoms with Crippen LogP contribution in [0.3, 0.4) is 0 Å². The number of nitrogens with one attached hydrogen (secondary N) is 2. The van der Waals surface area contributed by atoms with Crippen LogP contribution in [0.1, 0.15) is 67.2 Å². The lowest BCUT2D eigenvalue weighted by molar-refractivity contribution is 0.102. The quantitative estimate of drug-likeness (QED) is 0.370. The van der Waals surface area contributed by atoms with Gasteiger partial charge in [0.2, 0.25) is 5.89 Å². The first-order valence-electron chi connectivity index (χ1n) is 11.5. The number of halogens is 2. The Morgan fingerprint density at radius 1 is 1.24 bits per heavy atom. The Bertz CT molecular complexity index is 1150. The first-order chi connectivity index (χ1) is 16.5. The Balaban J connectivity index is 1.29. The summed E-state index contributed by atoms with van der Waals surface area (Å²) in [7, 11) is 0. The van der Waals surface area contributed by atoms with E-state index in [1.807, 2.05) is 0 Å². The second kappa shape index (κ2) is 9.73. The molecule has 2 aliphatic rings. The number of rotatable bonds is 8. The van der Waals surface area contributed by atoms with E-state index in [9.17, 15) is 13.6 Å². The number of nitrogens with zero attached hydrogens (tertiary/aromatic N) is 4. The van der Waals surface area contributed by atoms with E-state index in [4.69, 9.17) is 4.42 Å². The van der Waals surface area contributed by atoms with Crippen molar-refractivity contribution in [2.75, 3.05) is 17.2 Å². The van der Waals surface area contributed by atoms with Crippen molar-refractivity contribution in [2.45, 2.75) is 56.2 Å². The fourth-order valence-corrected chi connectivity index (χ4v) is 4.40. The highest BCUT2D eigenvalue weighted by molar-refractivity contribution is 7.80. The minimum absolute atomic E-state index is 0.0112. The molecule has 8 nitrogen and oxygen atoms in total. The Hall–Kier alpha value is -2.95. The van der Waals surface area contributed by atoms with Crippen LogP contribution < -0.4 is 10.6 Å². The van der Waals surface area contributed by atoms with Crippen LogP contribution in [-0.2, 0) is 0 Å². The van der Waals surface area contributed by atoms with Gasteiger partial charge in [0.25, 0.3) is 12.3 Å². The molecule has 5 rings (SSSR count). The number of aromatic nitrogens is 4. The number of alkyl halides is 2. The molecule has 0 aromatic carbocycles. The molecule has 2 saturated carbocycles. The fraction of sp³-hybridized carbons (Fsp3) is 0.478. The van der Waals surface area contributed by atoms with E-state index < -0.39 is 18.0 Å². The molecule has 0 unspecified atom stereocenters. The largest absolute Gasteiger partial charge is 0.444 e. The van der Waals surface area contributed by atoms with Crippen LogP contribution in [0.5, 0.6) is 0 Å². The molecule has 2 fully saturated rings. The van der Waals surface area contributed by atoms with Crippen molar-refractivity contribution < 1.29 is 18.0 Å². The molecular weight excluding hydrogens is 462 g/mol. The number of carbonyl (C=O) groups excluding carboxylic acids is 1. The van der Waals surface area contributed by atoms with Crippen LogP contribution in [0.25, 0.3) is 11.5 Å². The molecule has 11 heteroatoms. The fourth-order valence-electron chi connectivity index (χ4n) is 4.10. The minimum Gasteiger partial charge on any atom is -0.444 e. The van der Waals surface area contributed by atoms with Crippen LogP contribution in [0.2, 0.25) is 0 Å². The molecule has 0 aliphatic heterocycles. The number of pyridine rings is 1. The standard InChI is InChI=1S/C23H26F2N6O2S/c24-21(25)20-17(11-31(30-20)15-3-5-16(34)6-4-15)28-22(32)18-12-33-23(29-18)14-7-8-26-19(9-14)27-10-13-1-2-13/h7-9,11-13,15-16,21,34H,1-6,10H2,(H,26,27)(H,28,32)/t15-,16-. The lowest BCUT2D eigenvalue weighted by Gasteiger charge is -2.25. The molecule has 0 saturated heterocycles. The third kappa shape index (κ3) is 5.24. The summed E-state index contributed by atoms with van der Waals surface area (Å²) >= 11 is 4.48. The number of oxazole rings is 1. The summed E-state index contributed by atoms with van der Waals surface area (Å²) in [4.78, 5) is 21.3. The summed E-state index contributed by atoms with van der Waals surface area (Å²) in [6, 6.07) is 3.54. The lowest BCUT2D eigenvalue weighted by atomic mass is 9.95. The number of hydrogen-bond donors (Lipinski definition) is 3. The van der Waals surface area contributed by atoms with Gasteiger partial charge in [-0.3, -0.25) is 9.48 Å². The zero-order valence-corrected chi connectivity index (χ0v) is 19.3. The Kier molecular flexibility index (Phi) is 6.53. The smallest absolute Gasteiger partial charge is 0.284 e. The first-order valence-corrected chi connectivity index (χ1v) is 12.0. The molecule has 3 heterocycles. The second-order valence-corrected chi connectivity index (χ2v) is 9.65. The van der Waals surface area contributed by atoms with Gasteiger partial charge in [-0.15, -0.1) is 0 Å². The van der Waals surface area contributed by atoms with Gasteiger partial charge in [-0.1, -0.05) is 0 Å². The van der Waals surface area contributed by atoms with Gasteiger partial charge in [0, 0.05) is 29.8 Å². The average molecular weight is 489 g/mol. The van der Waals surface area contributed by atoms with Crippen molar-refractivity contribution >= 4 is 30.0 Å². The Labute approximate surface area is 201 Å². The molecular formula is C23H26F2N6O2S. The maximum Gasteiger partial charge on any atom is 0.284 e. The predicted molar refractivity (Wildman–Crippen MR) is 126 cm³/mol. The second-order valence-electron chi connectivity index (χ2n) is 8.92. The third-order valence-electron chi connectivity index (χ3n) is 6.27. The number of carbonyl (C=O) groups is 1. The van der Waals surface area contributed by atoms with Gasteiger partial charge < -0.3 is 15.1 Å². The average Bonchev–Trinajstić information content (AvgIpc) is 3.35. The van der Waals surface area contributed by atoms with Crippen molar-refractivity contribution in [3.05, 3.63) is 42.2 Å². The van der Waals surface area contributed by atoms with Crippen molar-refractivity contribution in [1.29, 1.82) is 0 Å². The number of hydrogen-bond acceptors (Lipinski definition) is 7. The van der Waals surface area contributed by atoms with Crippen molar-refractivity contribution in [2.24, 2.45) is 5.92 Å². The highest BCUT2D eigenvalue weighted by Gasteiger charge is 2.26. The summed E-state index contributed by atoms with van der Waals surface area (Å²) in [5.74, 6) is 1.00. The van der Waals surface area contributed by atoms with E-state index >= 15 is 0 Å². The van der Waals surface area contributed by atoms with Crippen molar-refractivity contribution in [3.8, 4) is 11.5 Å². The Morgan fingerprint density at radius 2 is 2.03 bits per heavy atom. The molecule has 1 amide bonds. The van der Waals surface area contributed by atoms with Crippen molar-refractivity contribution in [3.63, 3.8) is 0 Å². The van der Waals surface area contributed by atoms with Crippen LogP contribution in [-0.4, -0.2) is 37.5 Å². The topological polar surface area (TPSA) is 97.9 Å². The molecule has 2 aliphatic carbocycles. The summed E-state index contributed by atoms with van der Waals surface area (Å²) in [6.45, 7) is 0.867. The molecule has 180 valence electrons. The van der Waals surface area contributed by atoms with E-state index in [1.165, 1.54) is 30.0 Å². The highest BCUT2D eigenvalue weighted by Crippen LogP contribution is 2.34. The van der Waals surface area contributed by atoms with Gasteiger partial charge in [0.15, 0.2) is 11.4 Å². The van der Waals surface area contributed by atoms with Crippen LogP contribution in [0.4, 0.5) is 20.3 Å². The molecule has 34 heavy (non-hydrogen) atoms. The van der Waals surface area contributed by atoms with Gasteiger partial charge in [0.05, 0.1) is 11.7 Å². The predicted octanol–water partition coefficient (Wildman–Crippen LogP) is 5.36. The van der Waals surface area contributed by atoms with Gasteiger partial charge in [-0.25, -0.2) is 18.7 Å². The third-order valence-corrected chi connectivity index (χ3v) is 6.78. The lowest BCUT2D eigenvalue weighted by Crippen LogP contribution is -2.18. The van der Waals surface area contributed by atoms with Gasteiger partial charge in [-0.2, -0.15) is 17.7 Å². The SMILES string of the molecule is O=C(Nc1cn([C@H]2CC[C@H](S)CC2)nc1C(F)F)c1coc(-c2ccnc(NCC3CC3)c2)n1. The molecule has 0 atom stereocenters. The van der Waals surface area contributed by atoms with E-state index in [0.717, 1.165) is 32.2 Å². The summed E-state index contributed by atoms with van der Waals surface area (Å²) in [5, 5.41) is 10.2. The minimum atomic E-state index is -2.82. The van der Waals surface area contributed by atoms with Crippen LogP contribution in [0.15, 0.2) is 35.2 Å². The molecule has 2 N–H and O–H groups in total. The highest BCUT2D eigenvalue weighted by atomic mass is 32.1. The number of amides is 1. The molecule has 0 spiro atoms. The summed E-state index contributed by atoms with van der Waals surface area (Å²) < 4.78 is 34.3. The van der Waals surface area contributed by atoms with Gasteiger partial charge in [0.1, 0.15) is 12.1 Å². The van der Waals surface area contributed by atoms with E-state index in [2.05, 4.69) is 38.3 Å². The van der Waals surface area contributed by atoms with Gasteiger partial charge in [-0.05, 0) is 56.6 Å². The first kappa shape index (κ1) is 22.8. The number of thiol groups is 1. The zero-order valence-electron chi connectivity index (χ0n) is 18.5. The van der Waals surface area contributed by atoms with Crippen molar-refractivity contribution in [1.82, 2.24) is 19.7 Å². The van der Waals surface area contributed by atoms with Crippen LogP contribution in [0, 0.1) is 5.92 Å². The normalized spacial score (nSPS) is 20.5. The summed E-state index contributed by atoms with van der Waals surface area (Å²) in [6.07, 6.45) is 7.38. The molecule has 0 bridgehead atoms. The summed E-state index contributed by atoms with van der Waals surface area (Å²) in [5.41, 5.74) is 0.176. The molecule has 3 aromatic heterocycles. The molecule has 0 radical (unpaired) electrons. The van der Waals surface area contributed by atoms with E-state index in [1.54, 1.807) is 18.3 Å². The van der Waals surface area contributed by atoms with E-state index in [-0.39, 0.29) is 23.3 Å². The maximum absolute atomic E-state index is 13.6. The van der Waals surface area contributed by atoms with Gasteiger partial charge >= 0.3 is 0 Å². The zero-order chi connectivity index (χ0) is 23.7. The maximum atomic E-state index is 13.6. The monoisotopic (exact) mass is 488 g/mol. The molecule has 3 aromatic rings. The Morgan fingerprint density at radius 3 is 2.76 bits per heavy atom. The van der Waals surface area contributed by atoms with E-state index in [0.29, 0.717) is 22.5 Å².